The van der Waals surface area contributed by atoms with Crippen LogP contribution in [0.4, 0.5) is 0 Å². The van der Waals surface area contributed by atoms with E-state index in [0.717, 1.165) is 18.4 Å². The lowest BCUT2D eigenvalue weighted by molar-refractivity contribution is -0.147. The summed E-state index contributed by atoms with van der Waals surface area (Å²) in [6.45, 7) is 0. The smallest absolute Gasteiger partial charge is 0.330 e. The van der Waals surface area contributed by atoms with Gasteiger partial charge in [0.15, 0.2) is 5.41 Å². The number of rotatable bonds is 2. The quantitative estimate of drug-likeness (QED) is 0.340. The van der Waals surface area contributed by atoms with Gasteiger partial charge in [0, 0.05) is 4.43 Å². The monoisotopic (exact) mass is 305 g/mol. The number of allylic oxidation sites excluding steroid dienone is 1. The van der Waals surface area contributed by atoms with Gasteiger partial charge in [0.1, 0.15) is 0 Å². The van der Waals surface area contributed by atoms with E-state index in [2.05, 4.69) is 28.7 Å². The maximum Gasteiger partial charge on any atom is 0.330 e. The third kappa shape index (κ3) is 1.78. The fourth-order valence-electron chi connectivity index (χ4n) is 1.73. The summed E-state index contributed by atoms with van der Waals surface area (Å²) in [7, 11) is 1.33. The Labute approximate surface area is 97.3 Å². The number of carbonyl (C=O) groups excluding carboxylic acids is 1. The zero-order valence-corrected chi connectivity index (χ0v) is 10.2. The van der Waals surface area contributed by atoms with Gasteiger partial charge in [-0.2, -0.15) is 5.26 Å². The normalized spacial score (nSPS) is 26.2. The number of hydrogen-bond acceptors (Lipinski definition) is 3. The lowest BCUT2D eigenvalue weighted by Gasteiger charge is -2.28. The van der Waals surface area contributed by atoms with Gasteiger partial charge >= 0.3 is 5.97 Å². The van der Waals surface area contributed by atoms with Gasteiger partial charge in [-0.1, -0.05) is 28.7 Å². The van der Waals surface area contributed by atoms with Crippen LogP contribution in [0.25, 0.3) is 0 Å². The average molecular weight is 305 g/mol. The second-order valence-corrected chi connectivity index (χ2v) is 4.03. The molecular formula is C10H12INO2. The molecule has 0 fully saturated rings. The van der Waals surface area contributed by atoms with E-state index >= 15 is 0 Å². The number of alkyl halides is 1. The van der Waals surface area contributed by atoms with Crippen LogP contribution in [0.1, 0.15) is 19.3 Å². The lowest BCUT2D eigenvalue weighted by Crippen LogP contribution is -2.35. The van der Waals surface area contributed by atoms with Crippen molar-refractivity contribution in [2.45, 2.75) is 19.3 Å². The van der Waals surface area contributed by atoms with E-state index in [1.165, 1.54) is 7.11 Å². The molecule has 0 aliphatic heterocycles. The summed E-state index contributed by atoms with van der Waals surface area (Å²) >= 11 is 2.18. The number of hydrogen-bond donors (Lipinski definition) is 0. The Bertz CT molecular complexity index is 306. The largest absolute Gasteiger partial charge is 0.468 e. The van der Waals surface area contributed by atoms with Gasteiger partial charge < -0.3 is 4.74 Å². The van der Waals surface area contributed by atoms with E-state index in [4.69, 9.17) is 10.00 Å². The molecule has 0 aromatic rings. The maximum atomic E-state index is 11.6. The third-order valence-electron chi connectivity index (χ3n) is 2.56. The summed E-state index contributed by atoms with van der Waals surface area (Å²) in [5, 5.41) is 9.15. The molecule has 4 heteroatoms. The number of nitrogens with zero attached hydrogens (tertiary/aromatic N) is 1. The summed E-state index contributed by atoms with van der Waals surface area (Å²) in [6.07, 6.45) is 4.42. The van der Waals surface area contributed by atoms with Crippen LogP contribution in [-0.4, -0.2) is 17.5 Å². The Morgan fingerprint density at radius 3 is 3.07 bits per heavy atom. The van der Waals surface area contributed by atoms with Crippen molar-refractivity contribution in [3.63, 3.8) is 0 Å². The zero-order valence-electron chi connectivity index (χ0n) is 8.05. The fourth-order valence-corrected chi connectivity index (χ4v) is 2.69. The van der Waals surface area contributed by atoms with Crippen LogP contribution in [0.3, 0.4) is 0 Å². The van der Waals surface area contributed by atoms with Gasteiger partial charge in [0.25, 0.3) is 0 Å². The van der Waals surface area contributed by atoms with E-state index in [9.17, 15) is 4.79 Å². The topological polar surface area (TPSA) is 50.1 Å². The van der Waals surface area contributed by atoms with Crippen LogP contribution in [0, 0.1) is 16.7 Å². The highest BCUT2D eigenvalue weighted by Gasteiger charge is 2.44. The van der Waals surface area contributed by atoms with Crippen LogP contribution in [0.2, 0.25) is 0 Å². The van der Waals surface area contributed by atoms with Crippen molar-refractivity contribution >= 4 is 28.6 Å². The van der Waals surface area contributed by atoms with Crippen molar-refractivity contribution in [2.24, 2.45) is 5.41 Å². The fraction of sp³-hybridized carbons (Fsp3) is 0.600. The lowest BCUT2D eigenvalue weighted by atomic mass is 9.74. The van der Waals surface area contributed by atoms with E-state index in [1.807, 2.05) is 6.08 Å². The van der Waals surface area contributed by atoms with Crippen molar-refractivity contribution in [2.75, 3.05) is 11.5 Å². The van der Waals surface area contributed by atoms with Crippen molar-refractivity contribution in [3.05, 3.63) is 11.6 Å². The van der Waals surface area contributed by atoms with E-state index in [0.29, 0.717) is 10.8 Å². The molecule has 14 heavy (non-hydrogen) atoms. The van der Waals surface area contributed by atoms with Gasteiger partial charge in [0.2, 0.25) is 0 Å². The Kier molecular flexibility index (Phi) is 3.93. The second-order valence-electron chi connectivity index (χ2n) is 3.26. The minimum Gasteiger partial charge on any atom is -0.468 e. The van der Waals surface area contributed by atoms with Crippen molar-refractivity contribution in [3.8, 4) is 6.07 Å². The maximum absolute atomic E-state index is 11.6. The first-order valence-electron chi connectivity index (χ1n) is 4.46. The predicted molar refractivity (Wildman–Crippen MR) is 60.9 cm³/mol. The molecule has 0 N–H and O–H groups in total. The molecule has 0 aromatic carbocycles. The minimum atomic E-state index is -1.01. The molecular weight excluding hydrogens is 293 g/mol. The Hall–Kier alpha value is -0.570. The number of esters is 1. The van der Waals surface area contributed by atoms with E-state index in [-0.39, 0.29) is 0 Å². The molecule has 0 saturated heterocycles. The molecule has 0 aromatic heterocycles. The molecule has 1 unspecified atom stereocenters. The molecule has 0 spiro atoms. The highest BCUT2D eigenvalue weighted by atomic mass is 127. The minimum absolute atomic E-state index is 0.414. The molecule has 0 bridgehead atoms. The third-order valence-corrected chi connectivity index (χ3v) is 3.39. The summed E-state index contributed by atoms with van der Waals surface area (Å²) in [5.74, 6) is -0.414. The highest BCUT2D eigenvalue weighted by molar-refractivity contribution is 14.1. The Balaban J connectivity index is 3.09. The number of carbonyl (C=O) groups is 1. The summed E-state index contributed by atoms with van der Waals surface area (Å²) in [4.78, 5) is 11.6. The average Bonchev–Trinajstić information content (AvgIpc) is 2.27. The van der Waals surface area contributed by atoms with Gasteiger partial charge in [-0.05, 0) is 24.8 Å². The molecule has 0 saturated carbocycles. The summed E-state index contributed by atoms with van der Waals surface area (Å²) in [5.41, 5.74) is -0.104. The summed E-state index contributed by atoms with van der Waals surface area (Å²) in [6, 6.07) is 2.12. The molecule has 1 atom stereocenters. The second kappa shape index (κ2) is 4.78. The molecule has 3 nitrogen and oxygen atoms in total. The van der Waals surface area contributed by atoms with Crippen LogP contribution in [0.15, 0.2) is 11.6 Å². The van der Waals surface area contributed by atoms with E-state index < -0.39 is 11.4 Å². The van der Waals surface area contributed by atoms with Gasteiger partial charge in [-0.3, -0.25) is 0 Å². The van der Waals surface area contributed by atoms with Gasteiger partial charge in [-0.25, -0.2) is 4.79 Å². The Morgan fingerprint density at radius 1 is 1.86 bits per heavy atom. The number of nitriles is 1. The Morgan fingerprint density at radius 2 is 2.57 bits per heavy atom. The van der Waals surface area contributed by atoms with Crippen LogP contribution in [0.5, 0.6) is 0 Å². The number of ether oxygens (including phenoxy) is 1. The number of halogens is 1. The molecule has 0 amide bonds. The van der Waals surface area contributed by atoms with Crippen molar-refractivity contribution in [1.82, 2.24) is 0 Å². The first kappa shape index (κ1) is 11.5. The van der Waals surface area contributed by atoms with Crippen molar-refractivity contribution in [1.29, 1.82) is 5.26 Å². The van der Waals surface area contributed by atoms with Crippen LogP contribution >= 0.6 is 22.6 Å². The van der Waals surface area contributed by atoms with Crippen molar-refractivity contribution < 1.29 is 9.53 Å². The van der Waals surface area contributed by atoms with Crippen LogP contribution < -0.4 is 0 Å². The number of methoxy groups -OCH3 is 1. The molecule has 0 heterocycles. The first-order chi connectivity index (χ1) is 6.71. The van der Waals surface area contributed by atoms with Crippen LogP contribution in [-0.2, 0) is 9.53 Å². The highest BCUT2D eigenvalue weighted by Crippen LogP contribution is 2.39. The standard InChI is InChI=1S/C10H12INO2/c1-14-9(13)10(7-12)5-3-2-4-8(10)6-11/h4H,2-3,5-6H2,1H3. The summed E-state index contributed by atoms with van der Waals surface area (Å²) < 4.78 is 5.42. The predicted octanol–water partition coefficient (Wildman–Crippen LogP) is 2.21. The SMILES string of the molecule is COC(=O)C1(C#N)CCCC=C1CI. The molecule has 0 radical (unpaired) electrons. The molecule has 76 valence electrons. The first-order valence-corrected chi connectivity index (χ1v) is 5.99. The molecule has 1 aliphatic carbocycles. The molecule has 1 rings (SSSR count). The zero-order chi connectivity index (χ0) is 10.6. The van der Waals surface area contributed by atoms with Gasteiger partial charge in [0.05, 0.1) is 13.2 Å². The van der Waals surface area contributed by atoms with E-state index in [1.54, 1.807) is 0 Å². The van der Waals surface area contributed by atoms with Gasteiger partial charge in [-0.15, -0.1) is 0 Å². The molecule has 1 aliphatic rings.